The summed E-state index contributed by atoms with van der Waals surface area (Å²) in [4.78, 5) is 6.68. The molecule has 4 heteroatoms. The Hall–Kier alpha value is -0.450. The van der Waals surface area contributed by atoms with Crippen molar-refractivity contribution in [2.45, 2.75) is 25.4 Å². The topological polar surface area (TPSA) is 42.2 Å². The highest BCUT2D eigenvalue weighted by atomic mass is 32.1. The summed E-state index contributed by atoms with van der Waals surface area (Å²) in [6.07, 6.45) is 2.59. The lowest BCUT2D eigenvalue weighted by molar-refractivity contribution is 0.0829. The average molecular weight is 211 g/mol. The van der Waals surface area contributed by atoms with Gasteiger partial charge >= 0.3 is 0 Å². The Morgan fingerprint density at radius 3 is 3.00 bits per heavy atom. The fourth-order valence-corrected chi connectivity index (χ4v) is 2.64. The monoisotopic (exact) mass is 211 g/mol. The van der Waals surface area contributed by atoms with Crippen molar-refractivity contribution in [3.63, 3.8) is 0 Å². The maximum Gasteiger partial charge on any atom is 0.0795 e. The molecule has 1 aromatic rings. The molecule has 1 aliphatic carbocycles. The van der Waals surface area contributed by atoms with Crippen molar-refractivity contribution in [1.29, 1.82) is 0 Å². The van der Waals surface area contributed by atoms with Crippen LogP contribution >= 0.6 is 11.3 Å². The summed E-state index contributed by atoms with van der Waals surface area (Å²) in [5.74, 6) is 0.707. The van der Waals surface area contributed by atoms with Crippen molar-refractivity contribution < 1.29 is 0 Å². The highest BCUT2D eigenvalue weighted by Gasteiger charge is 2.32. The summed E-state index contributed by atoms with van der Waals surface area (Å²) >= 11 is 1.66. The van der Waals surface area contributed by atoms with Crippen molar-refractivity contribution in [3.8, 4) is 0 Å². The fraction of sp³-hybridized carbons (Fsp3) is 0.700. The predicted octanol–water partition coefficient (Wildman–Crippen LogP) is 1.31. The molecule has 0 saturated heterocycles. The molecule has 1 aliphatic rings. The zero-order chi connectivity index (χ0) is 9.97. The highest BCUT2D eigenvalue weighted by Crippen LogP contribution is 2.31. The molecule has 2 rings (SSSR count). The minimum absolute atomic E-state index is 0.682. The Morgan fingerprint density at radius 1 is 1.64 bits per heavy atom. The highest BCUT2D eigenvalue weighted by molar-refractivity contribution is 7.07. The van der Waals surface area contributed by atoms with Crippen LogP contribution in [-0.2, 0) is 6.54 Å². The Balaban J connectivity index is 1.86. The Morgan fingerprint density at radius 2 is 2.50 bits per heavy atom. The van der Waals surface area contributed by atoms with Crippen LogP contribution in [0.25, 0.3) is 0 Å². The van der Waals surface area contributed by atoms with E-state index in [1.807, 2.05) is 5.51 Å². The van der Waals surface area contributed by atoms with Gasteiger partial charge in [-0.25, -0.2) is 4.98 Å². The minimum atomic E-state index is 0.682. The van der Waals surface area contributed by atoms with E-state index in [-0.39, 0.29) is 0 Å². The number of hydrogen-bond acceptors (Lipinski definition) is 4. The Labute approximate surface area is 88.9 Å². The SMILES string of the molecule is CN(Cc1cscn1)C1CCC1CN. The van der Waals surface area contributed by atoms with Crippen LogP contribution in [0.5, 0.6) is 0 Å². The summed E-state index contributed by atoms with van der Waals surface area (Å²) < 4.78 is 0. The number of nitrogens with two attached hydrogens (primary N) is 1. The normalized spacial score (nSPS) is 26.5. The maximum atomic E-state index is 5.70. The average Bonchev–Trinajstić information content (AvgIpc) is 2.55. The van der Waals surface area contributed by atoms with Crippen LogP contribution in [0.3, 0.4) is 0 Å². The van der Waals surface area contributed by atoms with E-state index in [9.17, 15) is 0 Å². The first-order chi connectivity index (χ1) is 6.81. The summed E-state index contributed by atoms with van der Waals surface area (Å²) in [5, 5.41) is 2.12. The first-order valence-corrected chi connectivity index (χ1v) is 6.03. The van der Waals surface area contributed by atoms with E-state index in [1.165, 1.54) is 18.5 Å². The van der Waals surface area contributed by atoms with Gasteiger partial charge in [-0.05, 0) is 32.4 Å². The van der Waals surface area contributed by atoms with Crippen molar-refractivity contribution in [2.24, 2.45) is 11.7 Å². The summed E-state index contributed by atoms with van der Waals surface area (Å²) in [7, 11) is 2.17. The molecular weight excluding hydrogens is 194 g/mol. The van der Waals surface area contributed by atoms with Gasteiger partial charge in [0.05, 0.1) is 11.2 Å². The van der Waals surface area contributed by atoms with Gasteiger partial charge in [0.15, 0.2) is 0 Å². The number of thiazole rings is 1. The molecule has 1 saturated carbocycles. The zero-order valence-electron chi connectivity index (χ0n) is 8.52. The van der Waals surface area contributed by atoms with E-state index in [0.29, 0.717) is 12.0 Å². The van der Waals surface area contributed by atoms with Gasteiger partial charge in [0.1, 0.15) is 0 Å². The lowest BCUT2D eigenvalue weighted by Gasteiger charge is -2.42. The second-order valence-electron chi connectivity index (χ2n) is 4.04. The zero-order valence-corrected chi connectivity index (χ0v) is 9.33. The molecule has 0 aliphatic heterocycles. The Kier molecular flexibility index (Phi) is 3.15. The molecular formula is C10H17N3S. The van der Waals surface area contributed by atoms with E-state index < -0.39 is 0 Å². The van der Waals surface area contributed by atoms with Gasteiger partial charge < -0.3 is 5.73 Å². The maximum absolute atomic E-state index is 5.70. The van der Waals surface area contributed by atoms with Crippen molar-refractivity contribution in [3.05, 3.63) is 16.6 Å². The van der Waals surface area contributed by atoms with Crippen LogP contribution in [-0.4, -0.2) is 29.5 Å². The molecule has 1 aromatic heterocycles. The second kappa shape index (κ2) is 4.38. The summed E-state index contributed by atoms with van der Waals surface area (Å²) in [6, 6.07) is 0.682. The second-order valence-corrected chi connectivity index (χ2v) is 4.75. The third-order valence-electron chi connectivity index (χ3n) is 3.14. The lowest BCUT2D eigenvalue weighted by atomic mass is 9.79. The number of aromatic nitrogens is 1. The van der Waals surface area contributed by atoms with Crippen molar-refractivity contribution in [2.75, 3.05) is 13.6 Å². The predicted molar refractivity (Wildman–Crippen MR) is 59.1 cm³/mol. The van der Waals surface area contributed by atoms with Crippen LogP contribution in [0.1, 0.15) is 18.5 Å². The van der Waals surface area contributed by atoms with Gasteiger partial charge in [-0.1, -0.05) is 0 Å². The number of rotatable bonds is 4. The molecule has 78 valence electrons. The minimum Gasteiger partial charge on any atom is -0.330 e. The summed E-state index contributed by atoms with van der Waals surface area (Å²) in [6.45, 7) is 1.79. The Bertz CT molecular complexity index is 271. The van der Waals surface area contributed by atoms with Crippen molar-refractivity contribution in [1.82, 2.24) is 9.88 Å². The molecule has 2 atom stereocenters. The van der Waals surface area contributed by atoms with E-state index >= 15 is 0 Å². The molecule has 2 N–H and O–H groups in total. The molecule has 0 amide bonds. The number of nitrogens with zero attached hydrogens (tertiary/aromatic N) is 2. The fourth-order valence-electron chi connectivity index (χ4n) is 2.10. The van der Waals surface area contributed by atoms with Gasteiger partial charge in [-0.3, -0.25) is 4.90 Å². The smallest absolute Gasteiger partial charge is 0.0795 e. The van der Waals surface area contributed by atoms with Gasteiger partial charge in [0, 0.05) is 18.0 Å². The van der Waals surface area contributed by atoms with Gasteiger partial charge in [-0.15, -0.1) is 11.3 Å². The van der Waals surface area contributed by atoms with Crippen LogP contribution in [0.4, 0.5) is 0 Å². The van der Waals surface area contributed by atoms with E-state index in [4.69, 9.17) is 5.73 Å². The van der Waals surface area contributed by atoms with Crippen molar-refractivity contribution >= 4 is 11.3 Å². The molecule has 1 heterocycles. The van der Waals surface area contributed by atoms with E-state index in [0.717, 1.165) is 13.1 Å². The molecule has 14 heavy (non-hydrogen) atoms. The quantitative estimate of drug-likeness (QED) is 0.816. The van der Waals surface area contributed by atoms with E-state index in [2.05, 4.69) is 22.3 Å². The molecule has 0 spiro atoms. The molecule has 0 radical (unpaired) electrons. The molecule has 3 nitrogen and oxygen atoms in total. The molecule has 0 aromatic carbocycles. The third-order valence-corrected chi connectivity index (χ3v) is 3.78. The van der Waals surface area contributed by atoms with Crippen LogP contribution < -0.4 is 5.73 Å². The lowest BCUT2D eigenvalue weighted by Crippen LogP contribution is -2.47. The largest absolute Gasteiger partial charge is 0.330 e. The molecule has 1 fully saturated rings. The van der Waals surface area contributed by atoms with Gasteiger partial charge in [0.25, 0.3) is 0 Å². The standard InChI is InChI=1S/C10H17N3S/c1-13(5-9-6-14-7-12-9)10-3-2-8(10)4-11/h6-8,10H,2-5,11H2,1H3. The molecule has 0 bridgehead atoms. The number of hydrogen-bond donors (Lipinski definition) is 1. The van der Waals surface area contributed by atoms with Crippen LogP contribution in [0.2, 0.25) is 0 Å². The van der Waals surface area contributed by atoms with Gasteiger partial charge in [-0.2, -0.15) is 0 Å². The van der Waals surface area contributed by atoms with Crippen LogP contribution in [0, 0.1) is 5.92 Å². The summed E-state index contributed by atoms with van der Waals surface area (Å²) in [5.41, 5.74) is 8.77. The van der Waals surface area contributed by atoms with Crippen LogP contribution in [0.15, 0.2) is 10.9 Å². The first kappa shape index (κ1) is 10.1. The van der Waals surface area contributed by atoms with E-state index in [1.54, 1.807) is 11.3 Å². The third kappa shape index (κ3) is 1.97. The molecule has 2 unspecified atom stereocenters. The first-order valence-electron chi connectivity index (χ1n) is 5.08. The van der Waals surface area contributed by atoms with Gasteiger partial charge in [0.2, 0.25) is 0 Å².